The molecule has 0 saturated carbocycles. The van der Waals surface area contributed by atoms with Gasteiger partial charge in [0, 0.05) is 16.3 Å². The van der Waals surface area contributed by atoms with Crippen molar-refractivity contribution in [1.29, 1.82) is 0 Å². The van der Waals surface area contributed by atoms with Gasteiger partial charge < -0.3 is 9.67 Å². The molecule has 0 bridgehead atoms. The minimum absolute atomic E-state index is 0.225. The van der Waals surface area contributed by atoms with Gasteiger partial charge >= 0.3 is 0 Å². The van der Waals surface area contributed by atoms with Crippen LogP contribution >= 0.6 is 7.14 Å². The van der Waals surface area contributed by atoms with Gasteiger partial charge in [0.25, 0.3) is 0 Å². The van der Waals surface area contributed by atoms with Crippen LogP contribution in [0.25, 0.3) is 0 Å². The van der Waals surface area contributed by atoms with Crippen LogP contribution in [0.1, 0.15) is 25.7 Å². The van der Waals surface area contributed by atoms with Gasteiger partial charge in [-0.05, 0) is 25.7 Å². The van der Waals surface area contributed by atoms with E-state index in [2.05, 4.69) is 12.2 Å². The molecule has 2 atom stereocenters. The van der Waals surface area contributed by atoms with Gasteiger partial charge in [-0.3, -0.25) is 0 Å². The highest BCUT2D eigenvalue weighted by atomic mass is 31.2. The highest BCUT2D eigenvalue weighted by Crippen LogP contribution is 2.52. The number of benzene rings is 2. The van der Waals surface area contributed by atoms with E-state index in [9.17, 15) is 9.67 Å². The monoisotopic (exact) mass is 326 g/mol. The van der Waals surface area contributed by atoms with Crippen molar-refractivity contribution in [2.75, 3.05) is 0 Å². The minimum atomic E-state index is -2.89. The van der Waals surface area contributed by atoms with Crippen molar-refractivity contribution in [3.05, 3.63) is 72.8 Å². The summed E-state index contributed by atoms with van der Waals surface area (Å²) < 4.78 is 14.3. The molecule has 2 nitrogen and oxygen atoms in total. The molecule has 0 unspecified atom stereocenters. The average Bonchev–Trinajstić information content (AvgIpc) is 2.59. The molecule has 0 aliphatic heterocycles. The van der Waals surface area contributed by atoms with Crippen LogP contribution in [0.15, 0.2) is 72.8 Å². The van der Waals surface area contributed by atoms with Crippen molar-refractivity contribution >= 4 is 17.8 Å². The summed E-state index contributed by atoms with van der Waals surface area (Å²) in [5.74, 6) is 0. The molecule has 0 heterocycles. The Morgan fingerprint density at radius 3 is 1.78 bits per heavy atom. The Morgan fingerprint density at radius 1 is 0.783 bits per heavy atom. The highest BCUT2D eigenvalue weighted by molar-refractivity contribution is 7.79. The van der Waals surface area contributed by atoms with Crippen LogP contribution in [0.5, 0.6) is 0 Å². The molecule has 3 heteroatoms. The number of allylic oxidation sites excluding steroid dienone is 2. The molecule has 120 valence electrons. The normalized spacial score (nSPS) is 22.3. The Bertz CT molecular complexity index is 651. The molecular formula is C20H23O2P. The molecule has 0 saturated heterocycles. The summed E-state index contributed by atoms with van der Waals surface area (Å²) in [6.45, 7) is 0. The highest BCUT2D eigenvalue weighted by Gasteiger charge is 2.40. The van der Waals surface area contributed by atoms with Crippen LogP contribution in [-0.2, 0) is 4.57 Å². The largest absolute Gasteiger partial charge is 0.392 e. The quantitative estimate of drug-likeness (QED) is 0.687. The van der Waals surface area contributed by atoms with E-state index >= 15 is 0 Å². The zero-order chi connectivity index (χ0) is 16.1. The lowest BCUT2D eigenvalue weighted by Gasteiger charge is -2.32. The summed E-state index contributed by atoms with van der Waals surface area (Å²) in [5, 5.41) is 12.4. The smallest absolute Gasteiger partial charge is 0.148 e. The number of hydrogen-bond donors (Lipinski definition) is 1. The average molecular weight is 326 g/mol. The fourth-order valence-corrected chi connectivity index (χ4v) is 6.85. The Hall–Kier alpha value is -1.63. The first kappa shape index (κ1) is 16.2. The molecule has 0 fully saturated rings. The van der Waals surface area contributed by atoms with Crippen molar-refractivity contribution in [3.63, 3.8) is 0 Å². The summed E-state index contributed by atoms with van der Waals surface area (Å²) in [6.07, 6.45) is 6.87. The maximum absolute atomic E-state index is 14.3. The van der Waals surface area contributed by atoms with E-state index in [0.29, 0.717) is 6.42 Å². The van der Waals surface area contributed by atoms with Crippen LogP contribution in [-0.4, -0.2) is 16.9 Å². The third-order valence-electron chi connectivity index (χ3n) is 4.62. The summed E-state index contributed by atoms with van der Waals surface area (Å²) in [4.78, 5) is 0. The molecule has 1 aliphatic rings. The first-order valence-electron chi connectivity index (χ1n) is 8.27. The first-order valence-corrected chi connectivity index (χ1v) is 10.0. The molecule has 0 radical (unpaired) electrons. The Labute approximate surface area is 138 Å². The minimum Gasteiger partial charge on any atom is -0.392 e. The summed E-state index contributed by atoms with van der Waals surface area (Å²) in [6, 6.07) is 19.4. The predicted molar refractivity (Wildman–Crippen MR) is 97.2 cm³/mol. The molecule has 1 N–H and O–H groups in total. The van der Waals surface area contributed by atoms with Crippen molar-refractivity contribution in [1.82, 2.24) is 0 Å². The van der Waals surface area contributed by atoms with E-state index in [0.717, 1.165) is 29.9 Å². The standard InChI is InChI=1S/C20H23O2P/c21-19-15-9-1-2-10-16-20(19)23(22,17-11-5-3-6-12-17)18-13-7-4-8-14-18/h1-8,11-14,19-21H,9-10,15-16H2/t19-,20+/m1/s1. The van der Waals surface area contributed by atoms with Crippen molar-refractivity contribution in [2.45, 2.75) is 37.4 Å². The van der Waals surface area contributed by atoms with Crippen LogP contribution in [0.4, 0.5) is 0 Å². The maximum atomic E-state index is 14.3. The molecule has 0 aromatic heterocycles. The summed E-state index contributed by atoms with van der Waals surface area (Å²) in [5.41, 5.74) is -0.225. The zero-order valence-electron chi connectivity index (χ0n) is 13.2. The van der Waals surface area contributed by atoms with Crippen LogP contribution in [0.3, 0.4) is 0 Å². The second-order valence-corrected chi connectivity index (χ2v) is 9.10. The number of aliphatic hydroxyl groups excluding tert-OH is 1. The third kappa shape index (κ3) is 3.34. The molecule has 1 aliphatic carbocycles. The third-order valence-corrected chi connectivity index (χ3v) is 8.28. The summed E-state index contributed by atoms with van der Waals surface area (Å²) >= 11 is 0. The lowest BCUT2D eigenvalue weighted by molar-refractivity contribution is 0.155. The fraction of sp³-hybridized carbons (Fsp3) is 0.300. The van der Waals surface area contributed by atoms with Gasteiger partial charge in [-0.2, -0.15) is 0 Å². The van der Waals surface area contributed by atoms with E-state index in [1.807, 2.05) is 60.7 Å². The van der Waals surface area contributed by atoms with Crippen LogP contribution in [0, 0.1) is 0 Å². The van der Waals surface area contributed by atoms with E-state index in [1.54, 1.807) is 0 Å². The van der Waals surface area contributed by atoms with Crippen molar-refractivity contribution in [3.8, 4) is 0 Å². The number of hydrogen-bond acceptors (Lipinski definition) is 2. The maximum Gasteiger partial charge on any atom is 0.148 e. The molecule has 23 heavy (non-hydrogen) atoms. The molecule has 2 aromatic rings. The molecule has 2 aromatic carbocycles. The van der Waals surface area contributed by atoms with Gasteiger partial charge in [0.15, 0.2) is 0 Å². The van der Waals surface area contributed by atoms with E-state index < -0.39 is 13.2 Å². The Morgan fingerprint density at radius 2 is 1.26 bits per heavy atom. The van der Waals surface area contributed by atoms with Crippen LogP contribution in [0.2, 0.25) is 0 Å². The van der Waals surface area contributed by atoms with Gasteiger partial charge in [0.05, 0.1) is 6.10 Å². The lowest BCUT2D eigenvalue weighted by Crippen LogP contribution is -2.35. The molecule has 0 amide bonds. The van der Waals surface area contributed by atoms with Gasteiger partial charge in [-0.1, -0.05) is 72.8 Å². The van der Waals surface area contributed by atoms with E-state index in [-0.39, 0.29) is 5.66 Å². The Kier molecular flexibility index (Phi) is 5.15. The van der Waals surface area contributed by atoms with E-state index in [4.69, 9.17) is 0 Å². The van der Waals surface area contributed by atoms with E-state index in [1.165, 1.54) is 0 Å². The predicted octanol–water partition coefficient (Wildman–Crippen LogP) is 3.86. The SMILES string of the molecule is O=P(c1ccccc1)(c1ccccc1)[C@H]1CCC=CCC[C@H]1O. The lowest BCUT2D eigenvalue weighted by atomic mass is 10.0. The zero-order valence-corrected chi connectivity index (χ0v) is 14.1. The van der Waals surface area contributed by atoms with Crippen molar-refractivity contribution in [2.24, 2.45) is 0 Å². The summed E-state index contributed by atoms with van der Waals surface area (Å²) in [7, 11) is -2.89. The first-order chi connectivity index (χ1) is 11.2. The van der Waals surface area contributed by atoms with Gasteiger partial charge in [0.1, 0.15) is 7.14 Å². The Balaban J connectivity index is 2.12. The number of rotatable bonds is 3. The van der Waals surface area contributed by atoms with Gasteiger partial charge in [-0.15, -0.1) is 0 Å². The number of aliphatic hydroxyl groups is 1. The molecular weight excluding hydrogens is 303 g/mol. The topological polar surface area (TPSA) is 37.3 Å². The van der Waals surface area contributed by atoms with Gasteiger partial charge in [0.2, 0.25) is 0 Å². The van der Waals surface area contributed by atoms with Gasteiger partial charge in [-0.25, -0.2) is 0 Å². The molecule has 0 spiro atoms. The molecule has 3 rings (SSSR count). The van der Waals surface area contributed by atoms with Crippen LogP contribution < -0.4 is 10.6 Å². The second kappa shape index (κ2) is 7.29. The second-order valence-electron chi connectivity index (χ2n) is 6.09. The van der Waals surface area contributed by atoms with Crippen molar-refractivity contribution < 1.29 is 9.67 Å². The fourth-order valence-electron chi connectivity index (χ4n) is 3.41.